The van der Waals surface area contributed by atoms with E-state index in [-0.39, 0.29) is 34.1 Å². The number of alkyl halides is 3. The lowest BCUT2D eigenvalue weighted by Gasteiger charge is -2.11. The molecule has 1 aliphatic heterocycles. The molecule has 0 fully saturated rings. The molecule has 4 nitrogen and oxygen atoms in total. The van der Waals surface area contributed by atoms with Crippen molar-refractivity contribution in [1.82, 2.24) is 0 Å². The number of Topliss-reactive ketones (excluding diaryl/α,β-unsaturated/α-hetero) is 1. The van der Waals surface area contributed by atoms with Gasteiger partial charge in [-0.15, -0.1) is 0 Å². The van der Waals surface area contributed by atoms with Gasteiger partial charge in [0.05, 0.1) is 18.2 Å². The van der Waals surface area contributed by atoms with Gasteiger partial charge >= 0.3 is 6.18 Å². The molecule has 0 saturated carbocycles. The summed E-state index contributed by atoms with van der Waals surface area (Å²) in [7, 11) is 1.31. The van der Waals surface area contributed by atoms with Crippen molar-refractivity contribution in [3.63, 3.8) is 0 Å². The molecule has 0 radical (unpaired) electrons. The first-order chi connectivity index (χ1) is 11.3. The van der Waals surface area contributed by atoms with Crippen molar-refractivity contribution >= 4 is 11.9 Å². The molecule has 0 aromatic heterocycles. The van der Waals surface area contributed by atoms with Crippen LogP contribution >= 0.6 is 0 Å². The minimum absolute atomic E-state index is 0.0627. The van der Waals surface area contributed by atoms with Crippen LogP contribution in [-0.4, -0.2) is 18.0 Å². The van der Waals surface area contributed by atoms with Crippen LogP contribution in [0, 0.1) is 0 Å². The molecule has 1 aliphatic rings. The first kappa shape index (κ1) is 15.9. The number of methoxy groups -OCH3 is 1. The number of benzene rings is 2. The number of aromatic hydroxyl groups is 1. The first-order valence-electron chi connectivity index (χ1n) is 6.82. The Balaban J connectivity index is 2.04. The molecule has 124 valence electrons. The summed E-state index contributed by atoms with van der Waals surface area (Å²) in [6.07, 6.45) is -3.33. The summed E-state index contributed by atoms with van der Waals surface area (Å²) < 4.78 is 49.0. The first-order valence-corrected chi connectivity index (χ1v) is 6.82. The molecular weight excluding hydrogens is 325 g/mol. The highest BCUT2D eigenvalue weighted by atomic mass is 19.4. The van der Waals surface area contributed by atoms with Gasteiger partial charge < -0.3 is 14.6 Å². The van der Waals surface area contributed by atoms with Gasteiger partial charge in [0.1, 0.15) is 17.2 Å². The summed E-state index contributed by atoms with van der Waals surface area (Å²) >= 11 is 0. The van der Waals surface area contributed by atoms with Gasteiger partial charge in [-0.2, -0.15) is 13.2 Å². The van der Waals surface area contributed by atoms with Crippen LogP contribution in [0.1, 0.15) is 21.5 Å². The second kappa shape index (κ2) is 5.59. The van der Waals surface area contributed by atoms with Crippen LogP contribution in [0.5, 0.6) is 17.2 Å². The number of carbonyl (C=O) groups excluding carboxylic acids is 1. The summed E-state index contributed by atoms with van der Waals surface area (Å²) in [5.41, 5.74) is -0.576. The van der Waals surface area contributed by atoms with Crippen molar-refractivity contribution in [2.24, 2.45) is 0 Å². The zero-order valence-electron chi connectivity index (χ0n) is 12.3. The van der Waals surface area contributed by atoms with Crippen molar-refractivity contribution in [1.29, 1.82) is 0 Å². The molecule has 2 aromatic rings. The van der Waals surface area contributed by atoms with Crippen LogP contribution in [0.2, 0.25) is 0 Å². The van der Waals surface area contributed by atoms with E-state index in [1.807, 2.05) is 0 Å². The van der Waals surface area contributed by atoms with Crippen LogP contribution in [0.15, 0.2) is 42.2 Å². The smallest absolute Gasteiger partial charge is 0.416 e. The highest BCUT2D eigenvalue weighted by molar-refractivity contribution is 6.14. The molecule has 0 unspecified atom stereocenters. The van der Waals surface area contributed by atoms with Gasteiger partial charge in [0.15, 0.2) is 5.76 Å². The van der Waals surface area contributed by atoms with Crippen molar-refractivity contribution in [3.05, 3.63) is 58.8 Å². The van der Waals surface area contributed by atoms with Crippen LogP contribution in [-0.2, 0) is 6.18 Å². The van der Waals surface area contributed by atoms with E-state index in [1.54, 1.807) is 0 Å². The molecule has 2 aromatic carbocycles. The predicted octanol–water partition coefficient (Wildman–Crippen LogP) is 4.04. The molecule has 0 amide bonds. The van der Waals surface area contributed by atoms with Crippen LogP contribution in [0.4, 0.5) is 13.2 Å². The zero-order valence-corrected chi connectivity index (χ0v) is 12.3. The van der Waals surface area contributed by atoms with E-state index in [2.05, 4.69) is 0 Å². The Labute approximate surface area is 134 Å². The van der Waals surface area contributed by atoms with Gasteiger partial charge in [0.2, 0.25) is 5.78 Å². The molecular formula is C17H11F3O4. The van der Waals surface area contributed by atoms with Gasteiger partial charge in [-0.3, -0.25) is 4.79 Å². The van der Waals surface area contributed by atoms with E-state index in [1.165, 1.54) is 37.5 Å². The summed E-state index contributed by atoms with van der Waals surface area (Å²) in [4.78, 5) is 12.3. The molecule has 24 heavy (non-hydrogen) atoms. The average Bonchev–Trinajstić information content (AvgIpc) is 2.82. The number of halogens is 3. The Kier molecular flexibility index (Phi) is 3.71. The fraction of sp³-hybridized carbons (Fsp3) is 0.118. The number of phenolic OH excluding ortho intramolecular Hbond substituents is 1. The second-order valence-electron chi connectivity index (χ2n) is 5.07. The van der Waals surface area contributed by atoms with Crippen molar-refractivity contribution in [2.45, 2.75) is 6.18 Å². The SMILES string of the molecule is COc1ccc(C(F)(F)F)cc1/C=C1\Oc2cc(O)ccc2C1=O. The summed E-state index contributed by atoms with van der Waals surface area (Å²) in [5, 5.41) is 9.41. The number of phenols is 1. The number of rotatable bonds is 2. The number of ether oxygens (including phenoxy) is 2. The molecule has 1 N–H and O–H groups in total. The van der Waals surface area contributed by atoms with E-state index in [0.29, 0.717) is 0 Å². The number of ketones is 1. The third kappa shape index (κ3) is 2.80. The topological polar surface area (TPSA) is 55.8 Å². The lowest BCUT2D eigenvalue weighted by Crippen LogP contribution is -2.06. The monoisotopic (exact) mass is 336 g/mol. The normalized spacial score (nSPS) is 15.3. The molecule has 7 heteroatoms. The van der Waals surface area contributed by atoms with E-state index >= 15 is 0 Å². The number of allylic oxidation sites excluding steroid dienone is 1. The zero-order chi connectivity index (χ0) is 17.5. The van der Waals surface area contributed by atoms with E-state index in [0.717, 1.165) is 12.1 Å². The van der Waals surface area contributed by atoms with Crippen molar-refractivity contribution in [3.8, 4) is 17.2 Å². The Morgan fingerprint density at radius 1 is 1.17 bits per heavy atom. The fourth-order valence-corrected chi connectivity index (χ4v) is 2.34. The minimum atomic E-state index is -4.52. The highest BCUT2D eigenvalue weighted by Gasteiger charge is 2.32. The fourth-order valence-electron chi connectivity index (χ4n) is 2.34. The summed E-state index contributed by atoms with van der Waals surface area (Å²) in [6, 6.07) is 6.92. The van der Waals surface area contributed by atoms with Crippen LogP contribution in [0.3, 0.4) is 0 Å². The maximum Gasteiger partial charge on any atom is 0.416 e. The van der Waals surface area contributed by atoms with Gasteiger partial charge in [0.25, 0.3) is 0 Å². The van der Waals surface area contributed by atoms with Crippen LogP contribution < -0.4 is 9.47 Å². The molecule has 3 rings (SSSR count). The average molecular weight is 336 g/mol. The van der Waals surface area contributed by atoms with E-state index < -0.39 is 17.5 Å². The van der Waals surface area contributed by atoms with Gasteiger partial charge in [0, 0.05) is 11.6 Å². The maximum atomic E-state index is 12.9. The number of hydrogen-bond acceptors (Lipinski definition) is 4. The Morgan fingerprint density at radius 3 is 2.58 bits per heavy atom. The largest absolute Gasteiger partial charge is 0.508 e. The van der Waals surface area contributed by atoms with Crippen molar-refractivity contribution in [2.75, 3.05) is 7.11 Å². The molecule has 1 heterocycles. The number of hydrogen-bond donors (Lipinski definition) is 1. The Bertz CT molecular complexity index is 853. The predicted molar refractivity (Wildman–Crippen MR) is 79.0 cm³/mol. The van der Waals surface area contributed by atoms with Gasteiger partial charge in [-0.25, -0.2) is 0 Å². The maximum absolute atomic E-state index is 12.9. The quantitative estimate of drug-likeness (QED) is 0.841. The number of fused-ring (bicyclic) bond motifs is 1. The summed E-state index contributed by atoms with van der Waals surface area (Å²) in [6.45, 7) is 0. The van der Waals surface area contributed by atoms with E-state index in [4.69, 9.17) is 9.47 Å². The van der Waals surface area contributed by atoms with Gasteiger partial charge in [-0.1, -0.05) is 0 Å². The highest BCUT2D eigenvalue weighted by Crippen LogP contribution is 2.37. The van der Waals surface area contributed by atoms with Crippen LogP contribution in [0.25, 0.3) is 6.08 Å². The minimum Gasteiger partial charge on any atom is -0.508 e. The second-order valence-corrected chi connectivity index (χ2v) is 5.07. The molecule has 0 saturated heterocycles. The molecule has 0 atom stereocenters. The van der Waals surface area contributed by atoms with Gasteiger partial charge in [-0.05, 0) is 36.4 Å². The lowest BCUT2D eigenvalue weighted by molar-refractivity contribution is -0.137. The molecule has 0 spiro atoms. The molecule has 0 bridgehead atoms. The Hall–Kier alpha value is -2.96. The molecule has 0 aliphatic carbocycles. The third-order valence-corrected chi connectivity index (χ3v) is 3.50. The lowest BCUT2D eigenvalue weighted by atomic mass is 10.1. The third-order valence-electron chi connectivity index (χ3n) is 3.50. The van der Waals surface area contributed by atoms with E-state index in [9.17, 15) is 23.1 Å². The number of carbonyl (C=O) groups is 1. The Morgan fingerprint density at radius 2 is 1.92 bits per heavy atom. The standard InChI is InChI=1S/C17H11F3O4/c1-23-13-5-2-10(17(18,19)20)6-9(13)7-15-16(22)12-4-3-11(21)8-14(12)24-15/h2-8,21H,1H3/b15-7-. The van der Waals surface area contributed by atoms with Crippen molar-refractivity contribution < 1.29 is 32.5 Å². The summed E-state index contributed by atoms with van der Waals surface area (Å²) in [5.74, 6) is -0.389.